The van der Waals surface area contributed by atoms with Crippen molar-refractivity contribution in [2.75, 3.05) is 17.7 Å². The van der Waals surface area contributed by atoms with E-state index in [9.17, 15) is 4.79 Å². The highest BCUT2D eigenvalue weighted by Gasteiger charge is 2.16. The maximum atomic E-state index is 12.7. The largest absolute Gasteiger partial charge is 0.490 e. The Morgan fingerprint density at radius 2 is 2.00 bits per heavy atom. The lowest BCUT2D eigenvalue weighted by atomic mass is 10.0. The molecule has 9 heteroatoms. The van der Waals surface area contributed by atoms with Crippen LogP contribution in [0.15, 0.2) is 54.2 Å². The summed E-state index contributed by atoms with van der Waals surface area (Å²) in [5.74, 6) is 2.43. The van der Waals surface area contributed by atoms with E-state index >= 15 is 0 Å². The average Bonchev–Trinajstić information content (AvgIpc) is 3.20. The number of carbonyl (C=O) groups excluding carboxylic acids is 1. The van der Waals surface area contributed by atoms with E-state index in [0.717, 1.165) is 20.4 Å². The number of benzene rings is 2. The molecule has 1 aromatic heterocycles. The smallest absolute Gasteiger partial charge is 0.234 e. The van der Waals surface area contributed by atoms with Crippen molar-refractivity contribution in [3.8, 4) is 11.5 Å². The number of thioether (sulfide) groups is 1. The number of amides is 1. The van der Waals surface area contributed by atoms with Gasteiger partial charge in [-0.1, -0.05) is 37.8 Å². The molecule has 1 heterocycles. The Balaban J connectivity index is 1.67. The van der Waals surface area contributed by atoms with Crippen molar-refractivity contribution in [3.05, 3.63) is 69.6 Å². The fraction of sp³-hybridized carbons (Fsp3) is 0.346. The third-order valence-corrected chi connectivity index (χ3v) is 6.74. The molecular weight excluding hydrogens is 575 g/mol. The molecule has 3 rings (SSSR count). The highest BCUT2D eigenvalue weighted by atomic mass is 127. The minimum Gasteiger partial charge on any atom is -0.490 e. The van der Waals surface area contributed by atoms with Gasteiger partial charge in [0.1, 0.15) is 6.61 Å². The summed E-state index contributed by atoms with van der Waals surface area (Å²) in [6, 6.07) is 11.9. The molecule has 186 valence electrons. The fourth-order valence-electron chi connectivity index (χ4n) is 3.43. The van der Waals surface area contributed by atoms with E-state index in [2.05, 4.69) is 64.6 Å². The first-order chi connectivity index (χ1) is 16.8. The van der Waals surface area contributed by atoms with Gasteiger partial charge in [0, 0.05) is 15.8 Å². The molecule has 0 aliphatic carbocycles. The molecule has 1 N–H and O–H groups in total. The Kier molecular flexibility index (Phi) is 10.0. The van der Waals surface area contributed by atoms with Crippen LogP contribution in [0.25, 0.3) is 0 Å². The molecule has 0 unspecified atom stereocenters. The van der Waals surface area contributed by atoms with Crippen LogP contribution < -0.4 is 14.8 Å². The monoisotopic (exact) mass is 606 g/mol. The average molecular weight is 607 g/mol. The van der Waals surface area contributed by atoms with Crippen molar-refractivity contribution in [2.24, 2.45) is 0 Å². The number of aryl methyl sites for hydroxylation is 1. The van der Waals surface area contributed by atoms with Crippen LogP contribution in [-0.2, 0) is 17.9 Å². The molecule has 0 fully saturated rings. The summed E-state index contributed by atoms with van der Waals surface area (Å²) in [4.78, 5) is 12.7. The second-order valence-corrected chi connectivity index (χ2v) is 10.4. The minimum atomic E-state index is -0.0925. The van der Waals surface area contributed by atoms with Crippen molar-refractivity contribution in [2.45, 2.75) is 51.9 Å². The Bertz CT molecular complexity index is 1180. The van der Waals surface area contributed by atoms with Crippen LogP contribution >= 0.6 is 34.4 Å². The number of carbonyl (C=O) groups is 1. The van der Waals surface area contributed by atoms with E-state index in [1.165, 1.54) is 11.8 Å². The van der Waals surface area contributed by atoms with E-state index in [0.29, 0.717) is 41.5 Å². The lowest BCUT2D eigenvalue weighted by Gasteiger charge is -2.14. The molecule has 2 aromatic carbocycles. The van der Waals surface area contributed by atoms with E-state index in [1.54, 1.807) is 6.08 Å². The van der Waals surface area contributed by atoms with Crippen molar-refractivity contribution in [1.82, 2.24) is 14.8 Å². The number of rotatable bonds is 12. The van der Waals surface area contributed by atoms with Crippen LogP contribution in [-0.4, -0.2) is 33.0 Å². The quantitative estimate of drug-likeness (QED) is 0.150. The summed E-state index contributed by atoms with van der Waals surface area (Å²) in [6.07, 6.45) is 1.77. The standard InChI is InChI=1S/C26H31IN4O3S/c1-6-12-31-24(15-34-22-11-8-18(5)13-23(22)33-7-2)29-30-26(31)35-16-25(32)28-21-10-9-19(27)14-20(21)17(3)4/h6,8-11,13-14,17H,1,7,12,15-16H2,2-5H3,(H,28,32). The molecule has 1 amide bonds. The van der Waals surface area contributed by atoms with Gasteiger partial charge in [-0.15, -0.1) is 16.8 Å². The lowest BCUT2D eigenvalue weighted by Crippen LogP contribution is -2.16. The number of hydrogen-bond donors (Lipinski definition) is 1. The summed E-state index contributed by atoms with van der Waals surface area (Å²) >= 11 is 3.62. The molecule has 0 saturated heterocycles. The van der Waals surface area contributed by atoms with Gasteiger partial charge in [-0.05, 0) is 83.8 Å². The second kappa shape index (κ2) is 13.0. The molecule has 0 aliphatic rings. The molecule has 3 aromatic rings. The first-order valence-corrected chi connectivity index (χ1v) is 13.5. The molecule has 0 bridgehead atoms. The molecule has 35 heavy (non-hydrogen) atoms. The molecule has 0 aliphatic heterocycles. The number of ether oxygens (including phenoxy) is 2. The predicted molar refractivity (Wildman–Crippen MR) is 150 cm³/mol. The molecule has 0 radical (unpaired) electrons. The van der Waals surface area contributed by atoms with E-state index in [-0.39, 0.29) is 18.3 Å². The number of halogens is 1. The van der Waals surface area contributed by atoms with Crippen LogP contribution in [0.2, 0.25) is 0 Å². The summed E-state index contributed by atoms with van der Waals surface area (Å²) in [5, 5.41) is 12.3. The Morgan fingerprint density at radius 1 is 1.20 bits per heavy atom. The topological polar surface area (TPSA) is 78.3 Å². The van der Waals surface area contributed by atoms with Crippen LogP contribution in [0.3, 0.4) is 0 Å². The number of nitrogens with zero attached hydrogens (tertiary/aromatic N) is 3. The molecular formula is C26H31IN4O3S. The van der Waals surface area contributed by atoms with Crippen molar-refractivity contribution in [3.63, 3.8) is 0 Å². The SMILES string of the molecule is C=CCn1c(COc2ccc(C)cc2OCC)nnc1SCC(=O)Nc1ccc(I)cc1C(C)C. The summed E-state index contributed by atoms with van der Waals surface area (Å²) in [5.41, 5.74) is 3.06. The van der Waals surface area contributed by atoms with Crippen molar-refractivity contribution < 1.29 is 14.3 Å². The van der Waals surface area contributed by atoms with Gasteiger partial charge in [-0.25, -0.2) is 0 Å². The second-order valence-electron chi connectivity index (χ2n) is 8.19. The van der Waals surface area contributed by atoms with Gasteiger partial charge in [0.25, 0.3) is 0 Å². The maximum absolute atomic E-state index is 12.7. The normalized spacial score (nSPS) is 10.9. The van der Waals surface area contributed by atoms with Crippen molar-refractivity contribution >= 4 is 45.9 Å². The van der Waals surface area contributed by atoms with Gasteiger partial charge in [0.2, 0.25) is 5.91 Å². The summed E-state index contributed by atoms with van der Waals surface area (Å²) in [7, 11) is 0. The maximum Gasteiger partial charge on any atom is 0.234 e. The summed E-state index contributed by atoms with van der Waals surface area (Å²) < 4.78 is 14.8. The lowest BCUT2D eigenvalue weighted by molar-refractivity contribution is -0.113. The third kappa shape index (κ3) is 7.47. The van der Waals surface area contributed by atoms with Crippen molar-refractivity contribution in [1.29, 1.82) is 0 Å². The molecule has 0 atom stereocenters. The molecule has 0 spiro atoms. The van der Waals surface area contributed by atoms with Crippen LogP contribution in [0.5, 0.6) is 11.5 Å². The molecule has 7 nitrogen and oxygen atoms in total. The Hall–Kier alpha value is -2.53. The van der Waals surface area contributed by atoms with Gasteiger partial charge in [-0.2, -0.15) is 0 Å². The summed E-state index contributed by atoms with van der Waals surface area (Å²) in [6.45, 7) is 13.3. The van der Waals surface area contributed by atoms with Gasteiger partial charge < -0.3 is 14.8 Å². The van der Waals surface area contributed by atoms with Gasteiger partial charge in [0.15, 0.2) is 22.5 Å². The Labute approximate surface area is 224 Å². The first kappa shape index (κ1) is 27.1. The first-order valence-electron chi connectivity index (χ1n) is 11.4. The third-order valence-electron chi connectivity index (χ3n) is 5.10. The zero-order valence-corrected chi connectivity index (χ0v) is 23.5. The number of hydrogen-bond acceptors (Lipinski definition) is 6. The van der Waals surface area contributed by atoms with Gasteiger partial charge in [0.05, 0.1) is 12.4 Å². The number of nitrogens with one attached hydrogen (secondary N) is 1. The molecule has 0 saturated carbocycles. The van der Waals surface area contributed by atoms with Crippen LogP contribution in [0.4, 0.5) is 5.69 Å². The van der Waals surface area contributed by atoms with Gasteiger partial charge in [-0.3, -0.25) is 9.36 Å². The number of allylic oxidation sites excluding steroid dienone is 1. The highest BCUT2D eigenvalue weighted by Crippen LogP contribution is 2.30. The van der Waals surface area contributed by atoms with E-state index in [4.69, 9.17) is 9.47 Å². The van der Waals surface area contributed by atoms with E-state index in [1.807, 2.05) is 48.7 Å². The zero-order valence-electron chi connectivity index (χ0n) is 20.5. The van der Waals surface area contributed by atoms with Crippen LogP contribution in [0, 0.1) is 10.5 Å². The zero-order chi connectivity index (χ0) is 25.4. The highest BCUT2D eigenvalue weighted by molar-refractivity contribution is 14.1. The van der Waals surface area contributed by atoms with Crippen LogP contribution in [0.1, 0.15) is 43.6 Å². The predicted octanol–water partition coefficient (Wildman–Crippen LogP) is 6.21. The fourth-order valence-corrected chi connectivity index (χ4v) is 4.71. The van der Waals surface area contributed by atoms with E-state index < -0.39 is 0 Å². The minimum absolute atomic E-state index is 0.0925. The number of anilines is 1. The number of aromatic nitrogens is 3. The Morgan fingerprint density at radius 3 is 2.71 bits per heavy atom. The van der Waals surface area contributed by atoms with Gasteiger partial charge >= 0.3 is 0 Å².